The normalized spacial score (nSPS) is 11.2. The van der Waals surface area contributed by atoms with Gasteiger partial charge in [-0.25, -0.2) is 0 Å². The van der Waals surface area contributed by atoms with E-state index >= 15 is 0 Å². The van der Waals surface area contributed by atoms with Crippen LogP contribution in [0.5, 0.6) is 0 Å². The third-order valence-corrected chi connectivity index (χ3v) is 3.71. The van der Waals surface area contributed by atoms with E-state index in [9.17, 15) is 0 Å². The number of aromatic amines is 2. The first-order chi connectivity index (χ1) is 11.9. The quantitative estimate of drug-likeness (QED) is 0.565. The van der Waals surface area contributed by atoms with Crippen LogP contribution in [0, 0.1) is 0 Å². The maximum absolute atomic E-state index is 4.00. The van der Waals surface area contributed by atoms with Crippen LogP contribution in [0.25, 0.3) is 34.7 Å². The summed E-state index contributed by atoms with van der Waals surface area (Å²) in [6, 6.07) is 16.4. The highest BCUT2D eigenvalue weighted by atomic mass is 15.3. The molecule has 2 heterocycles. The largest absolute Gasteiger partial charge is 0.265 e. The van der Waals surface area contributed by atoms with Crippen LogP contribution in [-0.4, -0.2) is 30.8 Å². The Morgan fingerprint density at radius 1 is 0.583 bits per heavy atom. The van der Waals surface area contributed by atoms with E-state index in [1.54, 1.807) is 12.4 Å². The second-order valence-corrected chi connectivity index (χ2v) is 5.29. The molecule has 0 fully saturated rings. The first-order valence-corrected chi connectivity index (χ1v) is 7.50. The highest BCUT2D eigenvalue weighted by molar-refractivity contribution is 5.72. The Bertz CT molecular complexity index is 841. The topological polar surface area (TPSA) is 83.1 Å². The summed E-state index contributed by atoms with van der Waals surface area (Å²) in [6.45, 7) is 0. The Hall–Kier alpha value is -3.54. The van der Waals surface area contributed by atoms with Gasteiger partial charge in [-0.1, -0.05) is 71.1 Å². The van der Waals surface area contributed by atoms with Gasteiger partial charge in [0.05, 0.1) is 0 Å². The van der Waals surface area contributed by atoms with Crippen LogP contribution in [0.2, 0.25) is 0 Å². The zero-order chi connectivity index (χ0) is 16.2. The molecular formula is C18H14N6. The molecule has 0 amide bonds. The number of hydrogen-bond donors (Lipinski definition) is 2. The van der Waals surface area contributed by atoms with Crippen molar-refractivity contribution in [2.75, 3.05) is 0 Å². The van der Waals surface area contributed by atoms with Gasteiger partial charge < -0.3 is 0 Å². The van der Waals surface area contributed by atoms with Crippen LogP contribution < -0.4 is 0 Å². The summed E-state index contributed by atoms with van der Waals surface area (Å²) >= 11 is 0. The first-order valence-electron chi connectivity index (χ1n) is 7.50. The molecule has 0 aliphatic rings. The van der Waals surface area contributed by atoms with E-state index in [1.807, 2.05) is 24.3 Å². The van der Waals surface area contributed by atoms with Crippen LogP contribution in [0.4, 0.5) is 0 Å². The molecule has 0 bridgehead atoms. The maximum Gasteiger partial charge on any atom is 0.112 e. The Morgan fingerprint density at radius 3 is 1.33 bits per heavy atom. The molecule has 0 saturated heterocycles. The number of H-pyrrole nitrogens is 2. The Balaban J connectivity index is 1.48. The Labute approximate surface area is 138 Å². The van der Waals surface area contributed by atoms with E-state index in [0.717, 1.165) is 33.6 Å². The molecule has 4 rings (SSSR count). The smallest absolute Gasteiger partial charge is 0.112 e. The third kappa shape index (κ3) is 2.98. The van der Waals surface area contributed by atoms with Crippen LogP contribution in [0.15, 0.2) is 60.9 Å². The summed E-state index contributed by atoms with van der Waals surface area (Å²) in [7, 11) is 0. The predicted octanol–water partition coefficient (Wildman–Crippen LogP) is 3.43. The second-order valence-electron chi connectivity index (χ2n) is 5.29. The Morgan fingerprint density at radius 2 is 1.00 bits per heavy atom. The van der Waals surface area contributed by atoms with Gasteiger partial charge in [0.15, 0.2) is 0 Å². The minimum Gasteiger partial charge on any atom is -0.265 e. The summed E-state index contributed by atoms with van der Waals surface area (Å²) in [5, 5.41) is 20.9. The monoisotopic (exact) mass is 314 g/mol. The standard InChI is InChI=1S/C18H14N6/c1(13-3-7-15(8-4-13)17-11-19-23-21-17)2-14-5-9-16(10-6-14)18-12-20-24-22-18/h1-12H,(H,19,21,23)(H,20,22,24)/b2-1+. The molecule has 2 aromatic heterocycles. The van der Waals surface area contributed by atoms with Crippen molar-refractivity contribution < 1.29 is 0 Å². The molecule has 6 heteroatoms. The van der Waals surface area contributed by atoms with E-state index < -0.39 is 0 Å². The molecule has 4 aromatic rings. The SMILES string of the molecule is C(=C\c1ccc(-c2c[nH]nn2)cc1)/c1ccc(-c2c[nH]nn2)cc1. The fourth-order valence-electron chi connectivity index (χ4n) is 2.41. The van der Waals surface area contributed by atoms with E-state index in [-0.39, 0.29) is 0 Å². The minimum atomic E-state index is 0.842. The molecule has 2 N–H and O–H groups in total. The van der Waals surface area contributed by atoms with Crippen molar-refractivity contribution in [3.05, 3.63) is 72.1 Å². The Kier molecular flexibility index (Phi) is 3.69. The van der Waals surface area contributed by atoms with Crippen LogP contribution in [-0.2, 0) is 0 Å². The number of nitrogens with one attached hydrogen (secondary N) is 2. The van der Waals surface area contributed by atoms with Gasteiger partial charge >= 0.3 is 0 Å². The lowest BCUT2D eigenvalue weighted by atomic mass is 10.1. The number of aromatic nitrogens is 6. The molecule has 116 valence electrons. The van der Waals surface area contributed by atoms with Crippen molar-refractivity contribution in [3.63, 3.8) is 0 Å². The summed E-state index contributed by atoms with van der Waals surface area (Å²) in [5.41, 5.74) is 6.02. The average molecular weight is 314 g/mol. The van der Waals surface area contributed by atoms with Crippen molar-refractivity contribution in [1.29, 1.82) is 0 Å². The molecule has 0 aliphatic carbocycles. The third-order valence-electron chi connectivity index (χ3n) is 3.71. The van der Waals surface area contributed by atoms with Gasteiger partial charge in [0.1, 0.15) is 11.4 Å². The molecule has 2 aromatic carbocycles. The van der Waals surface area contributed by atoms with E-state index in [0.29, 0.717) is 0 Å². The molecule has 0 saturated carbocycles. The van der Waals surface area contributed by atoms with Crippen molar-refractivity contribution in [3.8, 4) is 22.5 Å². The molecule has 0 spiro atoms. The fourth-order valence-corrected chi connectivity index (χ4v) is 2.41. The number of rotatable bonds is 4. The van der Waals surface area contributed by atoms with Gasteiger partial charge in [0.2, 0.25) is 0 Å². The lowest BCUT2D eigenvalue weighted by molar-refractivity contribution is 0.942. The van der Waals surface area contributed by atoms with Crippen molar-refractivity contribution >= 4 is 12.2 Å². The highest BCUT2D eigenvalue weighted by Crippen LogP contribution is 2.19. The second kappa shape index (κ2) is 6.29. The summed E-state index contributed by atoms with van der Waals surface area (Å²) < 4.78 is 0. The molecule has 0 aliphatic heterocycles. The molecular weight excluding hydrogens is 300 g/mol. The first kappa shape index (κ1) is 14.1. The predicted molar refractivity (Wildman–Crippen MR) is 92.6 cm³/mol. The van der Waals surface area contributed by atoms with Crippen LogP contribution in [0.3, 0.4) is 0 Å². The molecule has 24 heavy (non-hydrogen) atoms. The number of benzene rings is 2. The van der Waals surface area contributed by atoms with Gasteiger partial charge in [-0.15, -0.1) is 10.2 Å². The van der Waals surface area contributed by atoms with Crippen LogP contribution in [0.1, 0.15) is 11.1 Å². The summed E-state index contributed by atoms with van der Waals surface area (Å²) in [5.74, 6) is 0. The minimum absolute atomic E-state index is 0.842. The van der Waals surface area contributed by atoms with Gasteiger partial charge in [0, 0.05) is 23.5 Å². The zero-order valence-corrected chi connectivity index (χ0v) is 12.7. The lowest BCUT2D eigenvalue weighted by Crippen LogP contribution is -1.80. The molecule has 0 atom stereocenters. The molecule has 6 nitrogen and oxygen atoms in total. The zero-order valence-electron chi connectivity index (χ0n) is 12.7. The summed E-state index contributed by atoms with van der Waals surface area (Å²) in [4.78, 5) is 0. The van der Waals surface area contributed by atoms with Gasteiger partial charge in [-0.3, -0.25) is 10.2 Å². The van der Waals surface area contributed by atoms with E-state index in [4.69, 9.17) is 0 Å². The van der Waals surface area contributed by atoms with E-state index in [2.05, 4.69) is 67.2 Å². The molecule has 0 unspecified atom stereocenters. The average Bonchev–Trinajstić information content (AvgIpc) is 3.34. The number of hydrogen-bond acceptors (Lipinski definition) is 4. The van der Waals surface area contributed by atoms with Gasteiger partial charge in [0.25, 0.3) is 0 Å². The molecule has 0 radical (unpaired) electrons. The highest BCUT2D eigenvalue weighted by Gasteiger charge is 2.00. The van der Waals surface area contributed by atoms with Crippen molar-refractivity contribution in [2.45, 2.75) is 0 Å². The fraction of sp³-hybridized carbons (Fsp3) is 0. The van der Waals surface area contributed by atoms with Gasteiger partial charge in [-0.2, -0.15) is 0 Å². The van der Waals surface area contributed by atoms with Crippen molar-refractivity contribution in [2.24, 2.45) is 0 Å². The van der Waals surface area contributed by atoms with Gasteiger partial charge in [-0.05, 0) is 11.1 Å². The van der Waals surface area contributed by atoms with Crippen LogP contribution >= 0.6 is 0 Å². The summed E-state index contributed by atoms with van der Waals surface area (Å²) in [6.07, 6.45) is 7.72. The lowest BCUT2D eigenvalue weighted by Gasteiger charge is -1.99. The van der Waals surface area contributed by atoms with Crippen molar-refractivity contribution in [1.82, 2.24) is 30.8 Å². The van der Waals surface area contributed by atoms with E-state index in [1.165, 1.54) is 0 Å². The number of nitrogens with zero attached hydrogens (tertiary/aromatic N) is 4. The maximum atomic E-state index is 4.00.